The zero-order valence-electron chi connectivity index (χ0n) is 16.4. The first kappa shape index (κ1) is 23.3. The number of nitrogens with zero attached hydrogens (tertiary/aromatic N) is 3. The predicted octanol–water partition coefficient (Wildman–Crippen LogP) is 3.30. The fourth-order valence-corrected chi connectivity index (χ4v) is 5.05. The molecule has 0 spiro atoms. The van der Waals surface area contributed by atoms with Crippen LogP contribution in [0.2, 0.25) is 5.02 Å². The number of aromatic nitrogens is 1. The molecule has 7 nitrogen and oxygen atoms in total. The zero-order valence-corrected chi connectivity index (χ0v) is 18.0. The van der Waals surface area contributed by atoms with Crippen LogP contribution in [0.15, 0.2) is 41.4 Å². The molecule has 12 heteroatoms. The van der Waals surface area contributed by atoms with Gasteiger partial charge in [0.1, 0.15) is 10.5 Å². The lowest BCUT2D eigenvalue weighted by atomic mass is 10.2. The van der Waals surface area contributed by atoms with Crippen LogP contribution < -0.4 is 4.74 Å². The van der Waals surface area contributed by atoms with Crippen molar-refractivity contribution < 1.29 is 31.1 Å². The zero-order chi connectivity index (χ0) is 22.8. The Morgan fingerprint density at radius 3 is 2.48 bits per heavy atom. The summed E-state index contributed by atoms with van der Waals surface area (Å²) in [5.41, 5.74) is -0.856. The van der Waals surface area contributed by atoms with E-state index in [0.29, 0.717) is 12.7 Å². The first-order chi connectivity index (χ1) is 14.6. The molecule has 168 valence electrons. The molecule has 1 aliphatic heterocycles. The Balaban J connectivity index is 1.77. The van der Waals surface area contributed by atoms with E-state index in [1.165, 1.54) is 11.1 Å². The first-order valence-electron chi connectivity index (χ1n) is 9.29. The van der Waals surface area contributed by atoms with E-state index < -0.39 is 26.7 Å². The second-order valence-electron chi connectivity index (χ2n) is 6.63. The van der Waals surface area contributed by atoms with Gasteiger partial charge in [0.2, 0.25) is 15.9 Å². The van der Waals surface area contributed by atoms with Crippen molar-refractivity contribution in [2.45, 2.75) is 18.0 Å². The summed E-state index contributed by atoms with van der Waals surface area (Å²) >= 11 is 5.90. The number of ether oxygens (including phenoxy) is 1. The number of carbonyl (C=O) groups is 1. The largest absolute Gasteiger partial charge is 0.477 e. The Morgan fingerprint density at radius 1 is 1.19 bits per heavy atom. The van der Waals surface area contributed by atoms with Crippen LogP contribution in [0.3, 0.4) is 0 Å². The van der Waals surface area contributed by atoms with Crippen LogP contribution in [-0.2, 0) is 16.2 Å². The fourth-order valence-electron chi connectivity index (χ4n) is 3.12. The molecule has 0 N–H and O–H groups in total. The maximum Gasteiger partial charge on any atom is 0.416 e. The number of alkyl halides is 3. The molecule has 2 aromatic rings. The average molecular weight is 478 g/mol. The number of amides is 1. The molecule has 2 heterocycles. The first-order valence-corrected chi connectivity index (χ1v) is 11.1. The van der Waals surface area contributed by atoms with E-state index in [4.69, 9.17) is 16.3 Å². The highest BCUT2D eigenvalue weighted by molar-refractivity contribution is 7.89. The molecule has 0 unspecified atom stereocenters. The van der Waals surface area contributed by atoms with E-state index in [2.05, 4.69) is 4.98 Å². The third-order valence-corrected chi connectivity index (χ3v) is 7.07. The van der Waals surface area contributed by atoms with Crippen LogP contribution in [0, 0.1) is 0 Å². The van der Waals surface area contributed by atoms with Crippen molar-refractivity contribution in [2.75, 3.05) is 32.8 Å². The minimum atomic E-state index is -4.71. The molecule has 1 aromatic carbocycles. The number of pyridine rings is 1. The molecule has 0 atom stereocenters. The van der Waals surface area contributed by atoms with Crippen molar-refractivity contribution in [1.29, 1.82) is 0 Å². The van der Waals surface area contributed by atoms with Gasteiger partial charge in [-0.3, -0.25) is 4.79 Å². The van der Waals surface area contributed by atoms with Crippen LogP contribution >= 0.6 is 11.6 Å². The number of hydrogen-bond acceptors (Lipinski definition) is 5. The van der Waals surface area contributed by atoms with Gasteiger partial charge in [0.15, 0.2) is 0 Å². The fraction of sp³-hybridized carbons (Fsp3) is 0.368. The van der Waals surface area contributed by atoms with Crippen molar-refractivity contribution in [3.63, 3.8) is 0 Å². The molecule has 1 fully saturated rings. The maximum atomic E-state index is 13.0. The summed E-state index contributed by atoms with van der Waals surface area (Å²) in [6.45, 7) is 1.99. The predicted molar refractivity (Wildman–Crippen MR) is 107 cm³/mol. The Kier molecular flexibility index (Phi) is 6.77. The van der Waals surface area contributed by atoms with Gasteiger partial charge in [0.25, 0.3) is 5.91 Å². The third-order valence-electron chi connectivity index (χ3n) is 4.68. The van der Waals surface area contributed by atoms with Crippen LogP contribution in [0.4, 0.5) is 13.2 Å². The summed E-state index contributed by atoms with van der Waals surface area (Å²) in [7, 11) is -4.28. The molecule has 3 rings (SSSR count). The molecule has 0 radical (unpaired) electrons. The summed E-state index contributed by atoms with van der Waals surface area (Å²) in [5.74, 6) is -0.188. The summed E-state index contributed by atoms with van der Waals surface area (Å²) in [6, 6.07) is 5.31. The van der Waals surface area contributed by atoms with Crippen LogP contribution in [0.5, 0.6) is 5.88 Å². The summed E-state index contributed by atoms with van der Waals surface area (Å²) < 4.78 is 71.2. The minimum absolute atomic E-state index is 0.0507. The number of piperazine rings is 1. The Morgan fingerprint density at radius 2 is 1.87 bits per heavy atom. The standard InChI is InChI=1S/C19H19ClF3N3O4S/c1-2-30-17-14(4-3-7-24-17)18(27)25-8-10-26(11-9-25)31(28,29)16-12-13(19(21,22)23)5-6-15(16)20/h3-7,12H,2,8-11H2,1H3. The number of carbonyl (C=O) groups excluding carboxylic acids is 1. The molecular weight excluding hydrogens is 459 g/mol. The summed E-state index contributed by atoms with van der Waals surface area (Å²) in [5, 5.41) is -0.303. The van der Waals surface area contributed by atoms with Gasteiger partial charge < -0.3 is 9.64 Å². The second-order valence-corrected chi connectivity index (χ2v) is 8.94. The van der Waals surface area contributed by atoms with Gasteiger partial charge in [-0.05, 0) is 37.3 Å². The lowest BCUT2D eigenvalue weighted by Gasteiger charge is -2.34. The van der Waals surface area contributed by atoms with Crippen molar-refractivity contribution in [3.05, 3.63) is 52.7 Å². The number of sulfonamides is 1. The minimum Gasteiger partial charge on any atom is -0.477 e. The number of hydrogen-bond donors (Lipinski definition) is 0. The SMILES string of the molecule is CCOc1ncccc1C(=O)N1CCN(S(=O)(=O)c2cc(C(F)(F)F)ccc2Cl)CC1. The molecule has 1 amide bonds. The van der Waals surface area contributed by atoms with Gasteiger partial charge in [-0.1, -0.05) is 11.6 Å². The van der Waals surface area contributed by atoms with Gasteiger partial charge in [0.05, 0.1) is 17.2 Å². The average Bonchev–Trinajstić information content (AvgIpc) is 2.73. The van der Waals surface area contributed by atoms with E-state index >= 15 is 0 Å². The van der Waals surface area contributed by atoms with Gasteiger partial charge in [0, 0.05) is 32.4 Å². The molecule has 31 heavy (non-hydrogen) atoms. The molecular formula is C19H19ClF3N3O4S. The van der Waals surface area contributed by atoms with Gasteiger partial charge >= 0.3 is 6.18 Å². The van der Waals surface area contributed by atoms with Crippen LogP contribution in [-0.4, -0.2) is 61.3 Å². The van der Waals surface area contributed by atoms with Crippen molar-refractivity contribution in [2.24, 2.45) is 0 Å². The number of benzene rings is 1. The monoisotopic (exact) mass is 477 g/mol. The van der Waals surface area contributed by atoms with Crippen LogP contribution in [0.1, 0.15) is 22.8 Å². The lowest BCUT2D eigenvalue weighted by molar-refractivity contribution is -0.137. The second kappa shape index (κ2) is 9.01. The van der Waals surface area contributed by atoms with E-state index in [1.807, 2.05) is 0 Å². The van der Waals surface area contributed by atoms with E-state index in [0.717, 1.165) is 16.4 Å². The van der Waals surface area contributed by atoms with Gasteiger partial charge in [-0.2, -0.15) is 17.5 Å². The van der Waals surface area contributed by atoms with E-state index in [9.17, 15) is 26.4 Å². The highest BCUT2D eigenvalue weighted by Crippen LogP contribution is 2.34. The topological polar surface area (TPSA) is 79.8 Å². The molecule has 0 aliphatic carbocycles. The summed E-state index contributed by atoms with van der Waals surface area (Å²) in [4.78, 5) is 17.7. The van der Waals surface area contributed by atoms with Crippen LogP contribution in [0.25, 0.3) is 0 Å². The third kappa shape index (κ3) is 4.94. The summed E-state index contributed by atoms with van der Waals surface area (Å²) in [6.07, 6.45) is -3.22. The van der Waals surface area contributed by atoms with Crippen molar-refractivity contribution in [1.82, 2.24) is 14.2 Å². The molecule has 0 bridgehead atoms. The highest BCUT2D eigenvalue weighted by atomic mass is 35.5. The normalized spacial score (nSPS) is 15.7. The number of halogens is 4. The Bertz CT molecular complexity index is 1070. The molecule has 0 saturated carbocycles. The Labute approximate surface area is 182 Å². The van der Waals surface area contributed by atoms with E-state index in [1.54, 1.807) is 19.1 Å². The van der Waals surface area contributed by atoms with Gasteiger partial charge in [-0.25, -0.2) is 13.4 Å². The smallest absolute Gasteiger partial charge is 0.416 e. The molecule has 1 aliphatic rings. The highest BCUT2D eigenvalue weighted by Gasteiger charge is 2.36. The molecule has 1 saturated heterocycles. The number of rotatable bonds is 5. The lowest BCUT2D eigenvalue weighted by Crippen LogP contribution is -2.50. The Hall–Kier alpha value is -2.37. The van der Waals surface area contributed by atoms with Crippen molar-refractivity contribution >= 4 is 27.5 Å². The molecule has 1 aromatic heterocycles. The van der Waals surface area contributed by atoms with Crippen molar-refractivity contribution in [3.8, 4) is 5.88 Å². The maximum absolute atomic E-state index is 13.0. The quantitative estimate of drug-likeness (QED) is 0.660. The van der Waals surface area contributed by atoms with Gasteiger partial charge in [-0.15, -0.1) is 0 Å². The van der Waals surface area contributed by atoms with E-state index in [-0.39, 0.29) is 48.6 Å².